The number of hydrogen-bond donors (Lipinski definition) is 0. The zero-order valence-corrected chi connectivity index (χ0v) is 19.6. The van der Waals surface area contributed by atoms with Gasteiger partial charge in [0.25, 0.3) is 0 Å². The van der Waals surface area contributed by atoms with Crippen LogP contribution in [0.1, 0.15) is 40.5 Å². The zero-order chi connectivity index (χ0) is 16.3. The van der Waals surface area contributed by atoms with Crippen LogP contribution in [0.5, 0.6) is 0 Å². The van der Waals surface area contributed by atoms with Gasteiger partial charge in [0, 0.05) is 0 Å². The number of esters is 1. The largest absolute Gasteiger partial charge is 0.208 e. The van der Waals surface area contributed by atoms with Gasteiger partial charge >= 0.3 is 127 Å². The average Bonchev–Trinajstić information content (AvgIpc) is 2.83. The Morgan fingerprint density at radius 3 is 2.43 bits per heavy atom. The molecule has 3 fully saturated rings. The normalized spacial score (nSPS) is 35.5. The van der Waals surface area contributed by atoms with E-state index in [-0.39, 0.29) is 11.4 Å². The zero-order valence-electron chi connectivity index (χ0n) is 13.3. The standard InChI is InChI=1S/C15H23O2.HOPS.Tl/c1-6-17-12(16)7-8-15-10-9-14(5,11(15)2)13(15,3)4;1-3-2;/h7-8,11H,2,6,9-10H2,1,3-5H3;2H;/b8-7+;;/t11-,14+,15?;;/m1../s1. The summed E-state index contributed by atoms with van der Waals surface area (Å²) in [6, 6.07) is 0. The second-order valence-electron chi connectivity index (χ2n) is 6.54. The van der Waals surface area contributed by atoms with E-state index in [1.807, 2.05) is 6.92 Å². The van der Waals surface area contributed by atoms with Crippen molar-refractivity contribution in [1.29, 1.82) is 0 Å². The van der Waals surface area contributed by atoms with Gasteiger partial charge in [-0.1, -0.05) is 0 Å². The molecule has 3 aliphatic carbocycles. The van der Waals surface area contributed by atoms with Crippen LogP contribution in [-0.4, -0.2) is 42.6 Å². The van der Waals surface area contributed by atoms with Gasteiger partial charge < -0.3 is 0 Å². The van der Waals surface area contributed by atoms with E-state index in [1.54, 1.807) is 6.08 Å². The summed E-state index contributed by atoms with van der Waals surface area (Å²) in [6.45, 7) is 9.52. The van der Waals surface area contributed by atoms with Crippen molar-refractivity contribution in [2.45, 2.75) is 44.5 Å². The molecule has 0 aromatic carbocycles. The van der Waals surface area contributed by atoms with Gasteiger partial charge in [0.1, 0.15) is 10.8 Å². The number of carbonyl (C=O) groups excluding carboxylic acids is 1. The third-order valence-corrected chi connectivity index (χ3v) is 7.91. The topological polar surface area (TPSA) is 43.4 Å². The van der Waals surface area contributed by atoms with E-state index in [2.05, 4.69) is 34.9 Å². The molecule has 3 atom stereocenters. The van der Waals surface area contributed by atoms with Crippen LogP contribution in [0, 0.1) is 22.2 Å². The Morgan fingerprint density at radius 2 is 2.00 bits per heavy atom. The molecule has 0 radical (unpaired) electrons. The molecule has 6 heteroatoms. The molecule has 3 aliphatic rings. The molecule has 116 valence electrons. The maximum absolute atomic E-state index is 11.5. The van der Waals surface area contributed by atoms with Crippen LogP contribution in [0.15, 0.2) is 12.2 Å². The Morgan fingerprint density at radius 1 is 1.43 bits per heavy atom. The minimum atomic E-state index is -0.183. The summed E-state index contributed by atoms with van der Waals surface area (Å²) < 4.78 is 15.1. The molecule has 0 aromatic heterocycles. The molecule has 3 nitrogen and oxygen atoms in total. The fourth-order valence-electron chi connectivity index (χ4n) is 4.62. The summed E-state index contributed by atoms with van der Waals surface area (Å²) in [7, 11) is 2.85. The Bertz CT molecular complexity index is 474. The van der Waals surface area contributed by atoms with E-state index in [9.17, 15) is 4.79 Å². The number of carbonyl (C=O) groups is 1. The molecule has 0 heterocycles. The van der Waals surface area contributed by atoms with Crippen LogP contribution >= 0.6 is 8.02 Å². The quantitative estimate of drug-likeness (QED) is 0.248. The average molecular weight is 520 g/mol. The molecule has 0 amide bonds. The van der Waals surface area contributed by atoms with Crippen molar-refractivity contribution in [3.8, 4) is 0 Å². The molecule has 0 saturated heterocycles. The summed E-state index contributed by atoms with van der Waals surface area (Å²) in [5.41, 5.74) is 1.06. The van der Waals surface area contributed by atoms with Crippen LogP contribution in [0.2, 0.25) is 3.98 Å². The van der Waals surface area contributed by atoms with Gasteiger partial charge in [-0.05, 0) is 8.02 Å². The van der Waals surface area contributed by atoms with Crippen LogP contribution in [0.25, 0.3) is 0 Å². The summed E-state index contributed by atoms with van der Waals surface area (Å²) in [5.74, 6) is 0.605. The van der Waals surface area contributed by atoms with Crippen LogP contribution in [0.3, 0.4) is 0 Å². The Labute approximate surface area is 149 Å². The Hall–Kier alpha value is 0.452. The molecule has 1 unspecified atom stereocenters. The van der Waals surface area contributed by atoms with Gasteiger partial charge in [0.05, 0.1) is 0 Å². The summed E-state index contributed by atoms with van der Waals surface area (Å²) in [5, 5.41) is 0. The molecule has 0 spiro atoms. The monoisotopic (exact) mass is 520 g/mol. The minimum Gasteiger partial charge on any atom is -0.208 e. The molecule has 0 aromatic rings. The first-order chi connectivity index (χ1) is 9.77. The second-order valence-corrected chi connectivity index (χ2v) is 9.04. The first kappa shape index (κ1) is 19.5. The molecule has 3 rings (SSSR count). The van der Waals surface area contributed by atoms with E-state index in [0.717, 1.165) is 31.7 Å². The Kier molecular flexibility index (Phi) is 6.82. The SMILES string of the molecule is CCOC(=O)/C=C/C12CC[C@@](C)([C@H]1[CH2][Tl])C2(C)C.O=S=P. The number of fused-ring (bicyclic) bond motifs is 1. The molecular formula is C15H24O3PSTl. The van der Waals surface area contributed by atoms with E-state index in [1.165, 1.54) is 16.8 Å². The molecule has 21 heavy (non-hydrogen) atoms. The maximum atomic E-state index is 11.5. The van der Waals surface area contributed by atoms with Gasteiger partial charge in [-0.15, -0.1) is 0 Å². The molecule has 0 N–H and O–H groups in total. The molecule has 2 bridgehead atoms. The van der Waals surface area contributed by atoms with Crippen molar-refractivity contribution in [3.63, 3.8) is 0 Å². The Balaban J connectivity index is 0.000000677. The summed E-state index contributed by atoms with van der Waals surface area (Å²) in [4.78, 5) is 11.5. The van der Waals surface area contributed by atoms with Gasteiger partial charge in [0.15, 0.2) is 0 Å². The number of allylic oxidation sites excluding steroid dienone is 1. The molecule has 0 aliphatic heterocycles. The van der Waals surface area contributed by atoms with Crippen molar-refractivity contribution in [3.05, 3.63) is 12.2 Å². The van der Waals surface area contributed by atoms with E-state index in [0.29, 0.717) is 28.3 Å². The van der Waals surface area contributed by atoms with Crippen molar-refractivity contribution in [2.75, 3.05) is 6.61 Å². The smallest absolute Gasteiger partial charge is 0.110 e. The first-order valence-electron chi connectivity index (χ1n) is 7.29. The molecular weight excluding hydrogens is 496 g/mol. The summed E-state index contributed by atoms with van der Waals surface area (Å²) in [6.07, 6.45) is 6.42. The minimum absolute atomic E-state index is 0.183. The van der Waals surface area contributed by atoms with Crippen molar-refractivity contribution in [2.24, 2.45) is 22.2 Å². The molecule has 3 saturated carbocycles. The fraction of sp³-hybridized carbons (Fsp3) is 0.800. The van der Waals surface area contributed by atoms with Gasteiger partial charge in [-0.25, -0.2) is 4.21 Å². The fourth-order valence-corrected chi connectivity index (χ4v) is 8.28. The van der Waals surface area contributed by atoms with E-state index >= 15 is 0 Å². The first-order valence-corrected chi connectivity index (χ1v) is 12.4. The van der Waals surface area contributed by atoms with Gasteiger partial charge in [-0.3, -0.25) is 0 Å². The number of ether oxygens (including phenoxy) is 1. The van der Waals surface area contributed by atoms with Crippen LogP contribution in [0.4, 0.5) is 0 Å². The predicted molar refractivity (Wildman–Crippen MR) is 89.8 cm³/mol. The number of rotatable bonds is 4. The van der Waals surface area contributed by atoms with Crippen molar-refractivity contribution < 1.29 is 13.7 Å². The predicted octanol–water partition coefficient (Wildman–Crippen LogP) is 3.39. The van der Waals surface area contributed by atoms with E-state index < -0.39 is 0 Å². The van der Waals surface area contributed by atoms with Crippen LogP contribution < -0.4 is 0 Å². The van der Waals surface area contributed by atoms with Crippen molar-refractivity contribution in [1.82, 2.24) is 0 Å². The third kappa shape index (κ3) is 2.97. The van der Waals surface area contributed by atoms with Crippen LogP contribution in [-0.2, 0) is 20.4 Å². The third-order valence-electron chi connectivity index (χ3n) is 6.08. The van der Waals surface area contributed by atoms with Gasteiger partial charge in [-0.2, -0.15) is 0 Å². The summed E-state index contributed by atoms with van der Waals surface area (Å²) >= 11 is 1.05. The van der Waals surface area contributed by atoms with Gasteiger partial charge in [0.2, 0.25) is 0 Å². The second kappa shape index (κ2) is 7.35. The maximum Gasteiger partial charge on any atom is 0.110 e. The van der Waals surface area contributed by atoms with E-state index in [4.69, 9.17) is 8.95 Å². The van der Waals surface area contributed by atoms with Crippen molar-refractivity contribution >= 4 is 50.6 Å². The number of hydrogen-bond acceptors (Lipinski definition) is 3.